The molecular weight excluding hydrogens is 361 g/mol. The van der Waals surface area contributed by atoms with Gasteiger partial charge in [-0.3, -0.25) is 9.69 Å². The van der Waals surface area contributed by atoms with Crippen LogP contribution in [-0.4, -0.2) is 61.5 Å². The average molecular weight is 388 g/mol. The Hall–Kier alpha value is -2.02. The summed E-state index contributed by atoms with van der Waals surface area (Å²) in [5, 5.41) is 2.13. The lowest BCUT2D eigenvalue weighted by atomic mass is 10.2. The maximum absolute atomic E-state index is 13.2. The molecule has 2 heterocycles. The monoisotopic (exact) mass is 387 g/mol. The molecule has 0 aliphatic carbocycles. The maximum Gasteiger partial charge on any atom is 0.250 e. The van der Waals surface area contributed by atoms with Crippen molar-refractivity contribution in [1.82, 2.24) is 9.80 Å². The molecule has 1 aliphatic heterocycles. The summed E-state index contributed by atoms with van der Waals surface area (Å²) < 4.78 is 13.2. The Morgan fingerprint density at radius 2 is 1.78 bits per heavy atom. The normalized spacial score (nSPS) is 15.6. The number of benzene rings is 1. The van der Waals surface area contributed by atoms with Crippen molar-refractivity contribution in [3.63, 3.8) is 0 Å². The van der Waals surface area contributed by atoms with Gasteiger partial charge in [-0.2, -0.15) is 0 Å². The second-order valence-corrected chi connectivity index (χ2v) is 7.72. The van der Waals surface area contributed by atoms with Crippen molar-refractivity contribution in [2.75, 3.05) is 50.7 Å². The highest BCUT2D eigenvalue weighted by atomic mass is 32.1. The number of rotatable bonds is 8. The molecule has 2 aromatic rings. The molecule has 6 heteroatoms. The average Bonchev–Trinajstić information content (AvgIpc) is 3.22. The molecule has 1 saturated heterocycles. The third-order valence-electron chi connectivity index (χ3n) is 4.94. The fourth-order valence-electron chi connectivity index (χ4n) is 3.30. The highest BCUT2D eigenvalue weighted by Gasteiger charge is 2.19. The van der Waals surface area contributed by atoms with E-state index in [1.807, 2.05) is 11.3 Å². The summed E-state index contributed by atoms with van der Waals surface area (Å²) in [7, 11) is 0. The quantitative estimate of drug-likeness (QED) is 0.651. The van der Waals surface area contributed by atoms with E-state index < -0.39 is 0 Å². The van der Waals surface area contributed by atoms with Gasteiger partial charge < -0.3 is 9.80 Å². The molecule has 1 aromatic heterocycles. The van der Waals surface area contributed by atoms with E-state index in [-0.39, 0.29) is 11.7 Å². The van der Waals surface area contributed by atoms with E-state index in [0.29, 0.717) is 12.2 Å². The Morgan fingerprint density at radius 1 is 1.11 bits per heavy atom. The van der Waals surface area contributed by atoms with E-state index in [1.165, 1.54) is 23.1 Å². The highest BCUT2D eigenvalue weighted by molar-refractivity contribution is 7.09. The van der Waals surface area contributed by atoms with Crippen molar-refractivity contribution in [3.05, 3.63) is 65.1 Å². The minimum atomic E-state index is -0.302. The molecule has 1 fully saturated rings. The molecule has 0 N–H and O–H groups in total. The molecule has 0 atom stereocenters. The number of carbonyl (C=O) groups excluding carboxylic acids is 1. The molecule has 1 amide bonds. The molecular formula is C21H26FN3OS. The zero-order valence-corrected chi connectivity index (χ0v) is 16.3. The Balaban J connectivity index is 1.46. The number of piperazine rings is 1. The SMILES string of the molecule is C=CC(=O)N(CCN1CCN(CCc2cccs2)CC1)c1ccc(F)cc1. The third-order valence-corrected chi connectivity index (χ3v) is 5.87. The van der Waals surface area contributed by atoms with E-state index in [0.717, 1.165) is 45.7 Å². The molecule has 1 aliphatic rings. The van der Waals surface area contributed by atoms with Crippen LogP contribution < -0.4 is 4.90 Å². The molecule has 4 nitrogen and oxygen atoms in total. The Kier molecular flexibility index (Phi) is 7.15. The number of halogens is 1. The van der Waals surface area contributed by atoms with Crippen molar-refractivity contribution in [3.8, 4) is 0 Å². The van der Waals surface area contributed by atoms with Gasteiger partial charge in [-0.15, -0.1) is 11.3 Å². The maximum atomic E-state index is 13.2. The van der Waals surface area contributed by atoms with E-state index in [9.17, 15) is 9.18 Å². The van der Waals surface area contributed by atoms with Crippen molar-refractivity contribution < 1.29 is 9.18 Å². The molecule has 144 valence electrons. The van der Waals surface area contributed by atoms with Crippen LogP contribution >= 0.6 is 11.3 Å². The first-order chi connectivity index (χ1) is 13.2. The van der Waals surface area contributed by atoms with Gasteiger partial charge in [0.05, 0.1) is 0 Å². The van der Waals surface area contributed by atoms with Crippen LogP contribution in [0.2, 0.25) is 0 Å². The number of hydrogen-bond acceptors (Lipinski definition) is 4. The Morgan fingerprint density at radius 3 is 2.37 bits per heavy atom. The largest absolute Gasteiger partial charge is 0.308 e. The first kappa shape index (κ1) is 19.7. The summed E-state index contributed by atoms with van der Waals surface area (Å²) in [5.41, 5.74) is 0.705. The van der Waals surface area contributed by atoms with Crippen LogP contribution in [0.15, 0.2) is 54.4 Å². The third kappa shape index (κ3) is 5.73. The van der Waals surface area contributed by atoms with E-state index >= 15 is 0 Å². The number of hydrogen-bond donors (Lipinski definition) is 0. The summed E-state index contributed by atoms with van der Waals surface area (Å²) in [6, 6.07) is 10.3. The summed E-state index contributed by atoms with van der Waals surface area (Å²) in [6.45, 7) is 10.2. The Labute approximate surface area is 164 Å². The van der Waals surface area contributed by atoms with Gasteiger partial charge in [-0.1, -0.05) is 12.6 Å². The van der Waals surface area contributed by atoms with Gasteiger partial charge in [0.25, 0.3) is 0 Å². The van der Waals surface area contributed by atoms with Gasteiger partial charge in [-0.25, -0.2) is 4.39 Å². The lowest BCUT2D eigenvalue weighted by Gasteiger charge is -2.35. The van der Waals surface area contributed by atoms with Gasteiger partial charge in [0, 0.05) is 56.4 Å². The van der Waals surface area contributed by atoms with Gasteiger partial charge in [-0.05, 0) is 48.2 Å². The number of anilines is 1. The fourth-order valence-corrected chi connectivity index (χ4v) is 4.00. The molecule has 0 saturated carbocycles. The number of carbonyl (C=O) groups is 1. The molecule has 0 spiro atoms. The molecule has 1 aromatic carbocycles. The van der Waals surface area contributed by atoms with Crippen molar-refractivity contribution in [1.29, 1.82) is 0 Å². The molecule has 0 radical (unpaired) electrons. The zero-order chi connectivity index (χ0) is 19.1. The summed E-state index contributed by atoms with van der Waals surface area (Å²) in [6.07, 6.45) is 2.43. The number of thiophene rings is 1. The number of amides is 1. The van der Waals surface area contributed by atoms with Crippen molar-refractivity contribution >= 4 is 22.9 Å². The summed E-state index contributed by atoms with van der Waals surface area (Å²) >= 11 is 1.82. The highest BCUT2D eigenvalue weighted by Crippen LogP contribution is 2.16. The topological polar surface area (TPSA) is 26.8 Å². The van der Waals surface area contributed by atoms with Gasteiger partial charge in [0.2, 0.25) is 5.91 Å². The minimum absolute atomic E-state index is 0.156. The Bertz CT molecular complexity index is 724. The van der Waals surface area contributed by atoms with Crippen LogP contribution in [0.4, 0.5) is 10.1 Å². The summed E-state index contributed by atoms with van der Waals surface area (Å²) in [5.74, 6) is -0.459. The van der Waals surface area contributed by atoms with Crippen LogP contribution in [0.25, 0.3) is 0 Å². The van der Waals surface area contributed by atoms with Gasteiger partial charge in [0.15, 0.2) is 0 Å². The van der Waals surface area contributed by atoms with Gasteiger partial charge in [0.1, 0.15) is 5.82 Å². The molecule has 0 bridgehead atoms. The van der Waals surface area contributed by atoms with Crippen LogP contribution in [0.5, 0.6) is 0 Å². The smallest absolute Gasteiger partial charge is 0.250 e. The standard InChI is InChI=1S/C21H26FN3OS/c1-2-21(26)25(19-7-5-18(22)6-8-19)16-15-24-13-11-23(12-14-24)10-9-20-4-3-17-27-20/h2-8,17H,1,9-16H2. The second-order valence-electron chi connectivity index (χ2n) is 6.68. The van der Waals surface area contributed by atoms with E-state index in [1.54, 1.807) is 17.0 Å². The predicted molar refractivity (Wildman–Crippen MR) is 110 cm³/mol. The first-order valence-electron chi connectivity index (χ1n) is 9.32. The van der Waals surface area contributed by atoms with Gasteiger partial charge >= 0.3 is 0 Å². The summed E-state index contributed by atoms with van der Waals surface area (Å²) in [4.78, 5) is 20.2. The first-order valence-corrected chi connectivity index (χ1v) is 10.2. The van der Waals surface area contributed by atoms with E-state index in [4.69, 9.17) is 0 Å². The lowest BCUT2D eigenvalue weighted by Crippen LogP contribution is -2.49. The van der Waals surface area contributed by atoms with E-state index in [2.05, 4.69) is 33.9 Å². The minimum Gasteiger partial charge on any atom is -0.308 e. The predicted octanol–water partition coefficient (Wildman–Crippen LogP) is 3.27. The lowest BCUT2D eigenvalue weighted by molar-refractivity contribution is -0.114. The zero-order valence-electron chi connectivity index (χ0n) is 15.5. The fraction of sp³-hybridized carbons (Fsp3) is 0.381. The van der Waals surface area contributed by atoms with Crippen LogP contribution in [0, 0.1) is 5.82 Å². The van der Waals surface area contributed by atoms with Crippen LogP contribution in [0.1, 0.15) is 4.88 Å². The second kappa shape index (κ2) is 9.78. The van der Waals surface area contributed by atoms with Crippen LogP contribution in [-0.2, 0) is 11.2 Å². The molecule has 27 heavy (non-hydrogen) atoms. The van der Waals surface area contributed by atoms with Crippen molar-refractivity contribution in [2.24, 2.45) is 0 Å². The van der Waals surface area contributed by atoms with Crippen molar-refractivity contribution in [2.45, 2.75) is 6.42 Å². The number of nitrogens with zero attached hydrogens (tertiary/aromatic N) is 3. The molecule has 0 unspecified atom stereocenters. The van der Waals surface area contributed by atoms with Crippen LogP contribution in [0.3, 0.4) is 0 Å². The molecule has 3 rings (SSSR count).